The number of nitrogens with two attached hydrogens (primary N) is 1. The van der Waals surface area contributed by atoms with E-state index < -0.39 is 0 Å². The Labute approximate surface area is 109 Å². The molecule has 0 aliphatic rings. The van der Waals surface area contributed by atoms with Crippen molar-refractivity contribution >= 4 is 23.1 Å². The van der Waals surface area contributed by atoms with E-state index in [0.29, 0.717) is 6.54 Å². The number of hydrogen-bond acceptors (Lipinski definition) is 5. The van der Waals surface area contributed by atoms with Crippen LogP contribution in [0, 0.1) is 0 Å². The van der Waals surface area contributed by atoms with Crippen LogP contribution >= 0.6 is 23.1 Å². The van der Waals surface area contributed by atoms with Crippen LogP contribution in [-0.4, -0.2) is 14.8 Å². The summed E-state index contributed by atoms with van der Waals surface area (Å²) in [5.74, 6) is 1.82. The van der Waals surface area contributed by atoms with Gasteiger partial charge in [-0.05, 0) is 17.9 Å². The summed E-state index contributed by atoms with van der Waals surface area (Å²) < 4.78 is 2.12. The number of nitrogens with zero attached hydrogens (tertiary/aromatic N) is 3. The van der Waals surface area contributed by atoms with Crippen molar-refractivity contribution in [2.75, 3.05) is 0 Å². The van der Waals surface area contributed by atoms with E-state index in [9.17, 15) is 0 Å². The van der Waals surface area contributed by atoms with Gasteiger partial charge < -0.3 is 10.3 Å². The molecule has 0 saturated heterocycles. The van der Waals surface area contributed by atoms with Gasteiger partial charge in [-0.15, -0.1) is 21.5 Å². The van der Waals surface area contributed by atoms with E-state index in [2.05, 4.69) is 39.2 Å². The molecule has 2 rings (SSSR count). The van der Waals surface area contributed by atoms with Crippen LogP contribution in [0.25, 0.3) is 0 Å². The highest BCUT2D eigenvalue weighted by atomic mass is 32.2. The van der Waals surface area contributed by atoms with Crippen LogP contribution in [0.3, 0.4) is 0 Å². The highest BCUT2D eigenvalue weighted by molar-refractivity contribution is 7.98. The van der Waals surface area contributed by atoms with Crippen molar-refractivity contribution < 1.29 is 0 Å². The van der Waals surface area contributed by atoms with E-state index in [1.165, 1.54) is 4.88 Å². The molecule has 0 bridgehead atoms. The van der Waals surface area contributed by atoms with Gasteiger partial charge in [0.05, 0.1) is 6.54 Å². The summed E-state index contributed by atoms with van der Waals surface area (Å²) in [4.78, 5) is 1.36. The van der Waals surface area contributed by atoms with Crippen molar-refractivity contribution in [2.45, 2.75) is 37.3 Å². The summed E-state index contributed by atoms with van der Waals surface area (Å²) in [6.07, 6.45) is 1.07. The first-order valence-electron chi connectivity index (χ1n) is 5.62. The molecule has 0 atom stereocenters. The lowest BCUT2D eigenvalue weighted by atomic mass is 10.4. The number of hydrogen-bond donors (Lipinski definition) is 1. The Morgan fingerprint density at radius 2 is 2.35 bits per heavy atom. The van der Waals surface area contributed by atoms with Gasteiger partial charge in [0.1, 0.15) is 5.82 Å². The summed E-state index contributed by atoms with van der Waals surface area (Å²) in [5.41, 5.74) is 5.65. The first-order valence-corrected chi connectivity index (χ1v) is 7.49. The molecular formula is C11H16N4S2. The normalized spacial score (nSPS) is 10.9. The molecule has 0 amide bonds. The van der Waals surface area contributed by atoms with Crippen LogP contribution in [0.15, 0.2) is 22.7 Å². The molecule has 0 aliphatic heterocycles. The van der Waals surface area contributed by atoms with E-state index in [1.54, 1.807) is 23.1 Å². The summed E-state index contributed by atoms with van der Waals surface area (Å²) in [7, 11) is 0. The average Bonchev–Trinajstić information content (AvgIpc) is 2.96. The van der Waals surface area contributed by atoms with Gasteiger partial charge in [0, 0.05) is 17.2 Å². The van der Waals surface area contributed by atoms with E-state index in [1.807, 2.05) is 0 Å². The fraction of sp³-hybridized carbons (Fsp3) is 0.455. The molecule has 0 saturated carbocycles. The van der Waals surface area contributed by atoms with E-state index in [0.717, 1.165) is 29.7 Å². The first kappa shape index (κ1) is 12.6. The van der Waals surface area contributed by atoms with E-state index in [4.69, 9.17) is 5.73 Å². The monoisotopic (exact) mass is 268 g/mol. The van der Waals surface area contributed by atoms with Crippen LogP contribution in [-0.2, 0) is 18.8 Å². The summed E-state index contributed by atoms with van der Waals surface area (Å²) in [6.45, 7) is 3.53. The molecule has 92 valence electrons. The highest BCUT2D eigenvalue weighted by Gasteiger charge is 2.10. The smallest absolute Gasteiger partial charge is 0.191 e. The molecule has 2 aromatic rings. The highest BCUT2D eigenvalue weighted by Crippen LogP contribution is 2.24. The molecule has 0 fully saturated rings. The number of rotatable bonds is 6. The molecule has 6 heteroatoms. The van der Waals surface area contributed by atoms with Crippen LogP contribution in [0.5, 0.6) is 0 Å². The number of aromatic nitrogens is 3. The summed E-state index contributed by atoms with van der Waals surface area (Å²) in [5, 5.41) is 11.4. The van der Waals surface area contributed by atoms with Gasteiger partial charge >= 0.3 is 0 Å². The van der Waals surface area contributed by atoms with Crippen LogP contribution in [0.1, 0.15) is 24.0 Å². The lowest BCUT2D eigenvalue weighted by molar-refractivity contribution is 0.592. The van der Waals surface area contributed by atoms with Crippen LogP contribution in [0.2, 0.25) is 0 Å². The fourth-order valence-corrected chi connectivity index (χ4v) is 3.31. The zero-order valence-electron chi connectivity index (χ0n) is 9.80. The second kappa shape index (κ2) is 6.18. The Kier molecular flexibility index (Phi) is 4.58. The van der Waals surface area contributed by atoms with Gasteiger partial charge in [-0.2, -0.15) is 0 Å². The zero-order valence-corrected chi connectivity index (χ0v) is 11.4. The molecule has 4 nitrogen and oxygen atoms in total. The molecule has 0 unspecified atom stereocenters. The second-order valence-corrected chi connectivity index (χ2v) is 5.60. The zero-order chi connectivity index (χ0) is 12.1. The largest absolute Gasteiger partial charge is 0.324 e. The molecule has 17 heavy (non-hydrogen) atoms. The third-order valence-corrected chi connectivity index (χ3v) is 4.42. The van der Waals surface area contributed by atoms with Crippen molar-refractivity contribution in [1.29, 1.82) is 0 Å². The van der Waals surface area contributed by atoms with Gasteiger partial charge in [0.15, 0.2) is 5.16 Å². The van der Waals surface area contributed by atoms with Gasteiger partial charge in [0.25, 0.3) is 0 Å². The Hall–Kier alpha value is -0.850. The lowest BCUT2D eigenvalue weighted by Crippen LogP contribution is -2.09. The van der Waals surface area contributed by atoms with Crippen molar-refractivity contribution in [3.8, 4) is 0 Å². The van der Waals surface area contributed by atoms with Crippen molar-refractivity contribution in [3.05, 3.63) is 28.2 Å². The lowest BCUT2D eigenvalue weighted by Gasteiger charge is -2.06. The fourth-order valence-electron chi connectivity index (χ4n) is 1.56. The van der Waals surface area contributed by atoms with Crippen molar-refractivity contribution in [2.24, 2.45) is 5.73 Å². The van der Waals surface area contributed by atoms with E-state index in [-0.39, 0.29) is 0 Å². The van der Waals surface area contributed by atoms with Crippen LogP contribution in [0.4, 0.5) is 0 Å². The maximum absolute atomic E-state index is 5.65. The molecule has 0 radical (unpaired) electrons. The Bertz CT molecular complexity index is 450. The van der Waals surface area contributed by atoms with Gasteiger partial charge in [-0.25, -0.2) is 0 Å². The maximum Gasteiger partial charge on any atom is 0.191 e. The Balaban J connectivity index is 2.06. The topological polar surface area (TPSA) is 56.7 Å². The molecule has 2 aromatic heterocycles. The predicted molar refractivity (Wildman–Crippen MR) is 72.1 cm³/mol. The van der Waals surface area contributed by atoms with Crippen LogP contribution < -0.4 is 5.73 Å². The van der Waals surface area contributed by atoms with Gasteiger partial charge in [-0.3, -0.25) is 0 Å². The summed E-state index contributed by atoms with van der Waals surface area (Å²) in [6, 6.07) is 4.21. The minimum Gasteiger partial charge on any atom is -0.324 e. The van der Waals surface area contributed by atoms with Gasteiger partial charge in [-0.1, -0.05) is 24.8 Å². The molecular weight excluding hydrogens is 252 g/mol. The predicted octanol–water partition coefficient (Wildman–Crippen LogP) is 2.50. The minimum atomic E-state index is 0.451. The van der Waals surface area contributed by atoms with Crippen molar-refractivity contribution in [1.82, 2.24) is 14.8 Å². The SMILES string of the molecule is CCCn1c(CN)nnc1SCc1cccs1. The summed E-state index contributed by atoms with van der Waals surface area (Å²) >= 11 is 3.50. The minimum absolute atomic E-state index is 0.451. The Morgan fingerprint density at radius 1 is 1.47 bits per heavy atom. The third-order valence-electron chi connectivity index (χ3n) is 2.35. The number of thioether (sulfide) groups is 1. The Morgan fingerprint density at radius 3 is 3.00 bits per heavy atom. The number of thiophene rings is 1. The van der Waals surface area contributed by atoms with E-state index >= 15 is 0 Å². The average molecular weight is 268 g/mol. The molecule has 2 N–H and O–H groups in total. The van der Waals surface area contributed by atoms with Crippen molar-refractivity contribution in [3.63, 3.8) is 0 Å². The second-order valence-electron chi connectivity index (χ2n) is 3.62. The standard InChI is InChI=1S/C11H16N4S2/c1-2-5-15-10(7-12)13-14-11(15)17-8-9-4-3-6-16-9/h3-4,6H,2,5,7-8,12H2,1H3. The molecule has 0 spiro atoms. The molecule has 2 heterocycles. The molecule has 0 aromatic carbocycles. The maximum atomic E-state index is 5.65. The quantitative estimate of drug-likeness (QED) is 0.818. The third kappa shape index (κ3) is 3.08. The molecule has 0 aliphatic carbocycles. The van der Waals surface area contributed by atoms with Gasteiger partial charge in [0.2, 0.25) is 0 Å². The first-order chi connectivity index (χ1) is 8.35.